The lowest BCUT2D eigenvalue weighted by atomic mass is 10.1. The Morgan fingerprint density at radius 2 is 1.81 bits per heavy atom. The lowest BCUT2D eigenvalue weighted by molar-refractivity contribution is 0.354. The molecule has 1 aromatic heterocycles. The van der Waals surface area contributed by atoms with Gasteiger partial charge in [-0.15, -0.1) is 0 Å². The number of hydrogen-bond donors (Lipinski definition) is 1. The lowest BCUT2D eigenvalue weighted by Crippen LogP contribution is -2.12. The lowest BCUT2D eigenvalue weighted by Gasteiger charge is -2.10. The maximum atomic E-state index is 12.6. The first-order valence-electron chi connectivity index (χ1n) is 8.25. The van der Waals surface area contributed by atoms with Crippen molar-refractivity contribution in [1.82, 2.24) is 9.78 Å². The minimum absolute atomic E-state index is 0.0757. The standard InChI is InChI=1S/C19H21N3O4S/c1-14-6-4-5-7-15(14)12-22-13-16(11-20-22)21-27(23,24)17-8-9-18(25-2)19(10-17)26-3/h4-11,13,21H,12H2,1-3H3. The van der Waals surface area contributed by atoms with Crippen molar-refractivity contribution in [2.24, 2.45) is 0 Å². The van der Waals surface area contributed by atoms with E-state index in [1.807, 2.05) is 31.2 Å². The van der Waals surface area contributed by atoms with Crippen LogP contribution in [0.25, 0.3) is 0 Å². The summed E-state index contributed by atoms with van der Waals surface area (Å²) in [5.41, 5.74) is 2.66. The molecular formula is C19H21N3O4S. The average molecular weight is 387 g/mol. The minimum atomic E-state index is -3.78. The minimum Gasteiger partial charge on any atom is -0.493 e. The zero-order valence-corrected chi connectivity index (χ0v) is 16.2. The van der Waals surface area contributed by atoms with E-state index in [1.54, 1.807) is 16.9 Å². The Hall–Kier alpha value is -3.00. The molecule has 0 radical (unpaired) electrons. The molecule has 142 valence electrons. The summed E-state index contributed by atoms with van der Waals surface area (Å²) in [4.78, 5) is 0.0757. The molecule has 0 saturated heterocycles. The number of anilines is 1. The van der Waals surface area contributed by atoms with Crippen molar-refractivity contribution in [3.05, 3.63) is 66.0 Å². The van der Waals surface area contributed by atoms with Gasteiger partial charge in [0.2, 0.25) is 0 Å². The highest BCUT2D eigenvalue weighted by Crippen LogP contribution is 2.30. The Morgan fingerprint density at radius 1 is 1.07 bits per heavy atom. The monoisotopic (exact) mass is 387 g/mol. The molecular weight excluding hydrogens is 366 g/mol. The topological polar surface area (TPSA) is 82.5 Å². The number of sulfonamides is 1. The number of ether oxygens (including phenoxy) is 2. The van der Waals surface area contributed by atoms with E-state index in [4.69, 9.17) is 9.47 Å². The molecule has 0 unspecified atom stereocenters. The predicted molar refractivity (Wildman–Crippen MR) is 103 cm³/mol. The van der Waals surface area contributed by atoms with Crippen LogP contribution in [0.5, 0.6) is 11.5 Å². The second kappa shape index (κ2) is 7.71. The summed E-state index contributed by atoms with van der Waals surface area (Å²) in [5.74, 6) is 0.804. The Bertz CT molecular complexity index is 1040. The molecule has 0 amide bonds. The molecule has 3 rings (SSSR count). The van der Waals surface area contributed by atoms with Crippen molar-refractivity contribution in [2.45, 2.75) is 18.4 Å². The van der Waals surface area contributed by atoms with Gasteiger partial charge in [0.1, 0.15) is 0 Å². The molecule has 7 nitrogen and oxygen atoms in total. The SMILES string of the molecule is COc1ccc(S(=O)(=O)Nc2cnn(Cc3ccccc3C)c2)cc1OC. The number of hydrogen-bond acceptors (Lipinski definition) is 5. The van der Waals surface area contributed by atoms with Gasteiger partial charge in [0.25, 0.3) is 10.0 Å². The molecule has 3 aromatic rings. The van der Waals surface area contributed by atoms with Gasteiger partial charge in [-0.05, 0) is 30.2 Å². The van der Waals surface area contributed by atoms with E-state index in [0.717, 1.165) is 11.1 Å². The molecule has 0 spiro atoms. The van der Waals surface area contributed by atoms with Crippen molar-refractivity contribution < 1.29 is 17.9 Å². The van der Waals surface area contributed by atoms with Crippen LogP contribution in [-0.4, -0.2) is 32.4 Å². The maximum Gasteiger partial charge on any atom is 0.262 e. The summed E-state index contributed by atoms with van der Waals surface area (Å²) >= 11 is 0. The number of nitrogens with zero attached hydrogens (tertiary/aromatic N) is 2. The van der Waals surface area contributed by atoms with E-state index < -0.39 is 10.0 Å². The van der Waals surface area contributed by atoms with Crippen LogP contribution in [0, 0.1) is 6.92 Å². The van der Waals surface area contributed by atoms with Gasteiger partial charge in [0, 0.05) is 12.3 Å². The van der Waals surface area contributed by atoms with Crippen LogP contribution in [0.3, 0.4) is 0 Å². The molecule has 1 heterocycles. The maximum absolute atomic E-state index is 12.6. The van der Waals surface area contributed by atoms with Gasteiger partial charge in [-0.1, -0.05) is 24.3 Å². The van der Waals surface area contributed by atoms with E-state index in [9.17, 15) is 8.42 Å². The fourth-order valence-corrected chi connectivity index (χ4v) is 3.71. The van der Waals surface area contributed by atoms with Gasteiger partial charge < -0.3 is 9.47 Å². The third-order valence-electron chi connectivity index (χ3n) is 4.14. The molecule has 1 N–H and O–H groups in total. The third-order valence-corrected chi connectivity index (χ3v) is 5.52. The smallest absolute Gasteiger partial charge is 0.262 e. The second-order valence-corrected chi connectivity index (χ2v) is 7.66. The van der Waals surface area contributed by atoms with Gasteiger partial charge in [-0.2, -0.15) is 5.10 Å². The highest BCUT2D eigenvalue weighted by molar-refractivity contribution is 7.92. The third kappa shape index (κ3) is 4.22. The van der Waals surface area contributed by atoms with Crippen LogP contribution in [0.1, 0.15) is 11.1 Å². The highest BCUT2D eigenvalue weighted by atomic mass is 32.2. The fraction of sp³-hybridized carbons (Fsp3) is 0.211. The molecule has 0 aliphatic heterocycles. The van der Waals surface area contributed by atoms with Gasteiger partial charge in [-0.25, -0.2) is 8.42 Å². The molecule has 0 fully saturated rings. The Kier molecular flexibility index (Phi) is 5.36. The van der Waals surface area contributed by atoms with Crippen molar-refractivity contribution in [3.63, 3.8) is 0 Å². The zero-order valence-electron chi connectivity index (χ0n) is 15.3. The van der Waals surface area contributed by atoms with E-state index in [2.05, 4.69) is 9.82 Å². The number of benzene rings is 2. The first kappa shape index (κ1) is 18.8. The van der Waals surface area contributed by atoms with Gasteiger partial charge in [0.15, 0.2) is 11.5 Å². The number of aromatic nitrogens is 2. The quantitative estimate of drug-likeness (QED) is 0.674. The molecule has 8 heteroatoms. The zero-order chi connectivity index (χ0) is 19.4. The van der Waals surface area contributed by atoms with Gasteiger partial charge in [-0.3, -0.25) is 9.40 Å². The van der Waals surface area contributed by atoms with Crippen LogP contribution < -0.4 is 14.2 Å². The summed E-state index contributed by atoms with van der Waals surface area (Å²) in [6, 6.07) is 12.4. The molecule has 0 bridgehead atoms. The van der Waals surface area contributed by atoms with Crippen molar-refractivity contribution in [3.8, 4) is 11.5 Å². The first-order valence-corrected chi connectivity index (χ1v) is 9.73. The summed E-state index contributed by atoms with van der Waals surface area (Å²) in [6.45, 7) is 2.59. The average Bonchev–Trinajstić information content (AvgIpc) is 3.09. The van der Waals surface area contributed by atoms with Crippen LogP contribution in [-0.2, 0) is 16.6 Å². The molecule has 0 aliphatic carbocycles. The van der Waals surface area contributed by atoms with E-state index in [0.29, 0.717) is 23.7 Å². The summed E-state index contributed by atoms with van der Waals surface area (Å²) in [7, 11) is -0.829. The molecule has 0 saturated carbocycles. The van der Waals surface area contributed by atoms with Crippen molar-refractivity contribution >= 4 is 15.7 Å². The normalized spacial score (nSPS) is 11.2. The Labute approximate surface area is 158 Å². The molecule has 0 atom stereocenters. The van der Waals surface area contributed by atoms with Crippen LogP contribution >= 0.6 is 0 Å². The second-order valence-electron chi connectivity index (χ2n) is 5.98. The fourth-order valence-electron chi connectivity index (χ4n) is 2.66. The van der Waals surface area contributed by atoms with Crippen molar-refractivity contribution in [2.75, 3.05) is 18.9 Å². The van der Waals surface area contributed by atoms with Gasteiger partial charge >= 0.3 is 0 Å². The number of aryl methyl sites for hydroxylation is 1. The summed E-state index contributed by atoms with van der Waals surface area (Å²) < 4.78 is 39.8. The molecule has 0 aliphatic rings. The largest absolute Gasteiger partial charge is 0.493 e. The van der Waals surface area contributed by atoms with E-state index in [-0.39, 0.29) is 4.90 Å². The molecule has 2 aromatic carbocycles. The predicted octanol–water partition coefficient (Wildman–Crippen LogP) is 3.06. The molecule has 27 heavy (non-hydrogen) atoms. The van der Waals surface area contributed by atoms with Crippen LogP contribution in [0.4, 0.5) is 5.69 Å². The number of nitrogens with one attached hydrogen (secondary N) is 1. The number of methoxy groups -OCH3 is 2. The van der Waals surface area contributed by atoms with Crippen molar-refractivity contribution in [1.29, 1.82) is 0 Å². The highest BCUT2D eigenvalue weighted by Gasteiger charge is 2.18. The number of rotatable bonds is 7. The summed E-state index contributed by atoms with van der Waals surface area (Å²) in [6.07, 6.45) is 3.14. The summed E-state index contributed by atoms with van der Waals surface area (Å²) in [5, 5.41) is 4.24. The van der Waals surface area contributed by atoms with E-state index in [1.165, 1.54) is 32.5 Å². The Balaban J connectivity index is 1.79. The van der Waals surface area contributed by atoms with Crippen LogP contribution in [0.15, 0.2) is 59.8 Å². The van der Waals surface area contributed by atoms with Crippen LogP contribution in [0.2, 0.25) is 0 Å². The van der Waals surface area contributed by atoms with E-state index >= 15 is 0 Å². The first-order chi connectivity index (χ1) is 12.9. The van der Waals surface area contributed by atoms with Gasteiger partial charge in [0.05, 0.1) is 37.5 Å². The Morgan fingerprint density at radius 3 is 2.52 bits per heavy atom.